The molecule has 0 saturated heterocycles. The molecule has 16 heavy (non-hydrogen) atoms. The van der Waals surface area contributed by atoms with Crippen molar-refractivity contribution >= 4 is 5.84 Å². The fourth-order valence-corrected chi connectivity index (χ4v) is 1.76. The van der Waals surface area contributed by atoms with Gasteiger partial charge in [-0.15, -0.1) is 0 Å². The number of aliphatic imine (C=N–C) groups is 1. The van der Waals surface area contributed by atoms with E-state index in [2.05, 4.69) is 36.4 Å². The molecule has 1 aliphatic rings. The lowest BCUT2D eigenvalue weighted by Gasteiger charge is -2.27. The zero-order valence-electron chi connectivity index (χ0n) is 9.90. The molecular formula is C13H19N3. The molecule has 1 fully saturated rings. The Kier molecular flexibility index (Phi) is 2.97. The molecule has 3 nitrogen and oxygen atoms in total. The highest BCUT2D eigenvalue weighted by molar-refractivity contribution is 5.92. The summed E-state index contributed by atoms with van der Waals surface area (Å²) in [6.07, 6.45) is 2.38. The molecule has 0 bridgehead atoms. The van der Waals surface area contributed by atoms with E-state index in [-0.39, 0.29) is 5.41 Å². The highest BCUT2D eigenvalue weighted by atomic mass is 15.3. The van der Waals surface area contributed by atoms with Gasteiger partial charge in [-0.25, -0.2) is 5.84 Å². The minimum atomic E-state index is -0.154. The minimum Gasteiger partial charge on any atom is -0.312 e. The quantitative estimate of drug-likeness (QED) is 0.352. The SMILES string of the molecule is CC(C)(C(=NC1CC1)NN)c1ccccc1. The number of nitrogens with zero attached hydrogens (tertiary/aromatic N) is 1. The van der Waals surface area contributed by atoms with Gasteiger partial charge in [0.15, 0.2) is 0 Å². The smallest absolute Gasteiger partial charge is 0.121 e. The maximum atomic E-state index is 5.59. The number of nitrogens with one attached hydrogen (secondary N) is 1. The third-order valence-electron chi connectivity index (χ3n) is 3.08. The van der Waals surface area contributed by atoms with Crippen molar-refractivity contribution in [2.45, 2.75) is 38.1 Å². The van der Waals surface area contributed by atoms with Gasteiger partial charge in [0.1, 0.15) is 5.84 Å². The van der Waals surface area contributed by atoms with Crippen molar-refractivity contribution in [3.63, 3.8) is 0 Å². The van der Waals surface area contributed by atoms with Crippen molar-refractivity contribution in [1.29, 1.82) is 0 Å². The summed E-state index contributed by atoms with van der Waals surface area (Å²) in [7, 11) is 0. The van der Waals surface area contributed by atoms with Crippen LogP contribution in [0.3, 0.4) is 0 Å². The maximum absolute atomic E-state index is 5.59. The minimum absolute atomic E-state index is 0.154. The van der Waals surface area contributed by atoms with Crippen molar-refractivity contribution in [3.8, 4) is 0 Å². The van der Waals surface area contributed by atoms with Gasteiger partial charge in [0.2, 0.25) is 0 Å². The van der Waals surface area contributed by atoms with E-state index in [9.17, 15) is 0 Å². The second-order valence-electron chi connectivity index (χ2n) is 4.84. The summed E-state index contributed by atoms with van der Waals surface area (Å²) >= 11 is 0. The van der Waals surface area contributed by atoms with Gasteiger partial charge in [-0.2, -0.15) is 0 Å². The Bertz CT molecular complexity index is 377. The van der Waals surface area contributed by atoms with Crippen molar-refractivity contribution in [2.75, 3.05) is 0 Å². The largest absolute Gasteiger partial charge is 0.312 e. The number of hydrogen-bond donors (Lipinski definition) is 2. The number of hydrazine groups is 1. The van der Waals surface area contributed by atoms with Crippen LogP contribution in [-0.4, -0.2) is 11.9 Å². The Morgan fingerprint density at radius 2 is 1.94 bits per heavy atom. The first-order chi connectivity index (χ1) is 7.64. The highest BCUT2D eigenvalue weighted by Gasteiger charge is 2.30. The standard InChI is InChI=1S/C13H19N3/c1-13(2,10-6-4-3-5-7-10)12(16-14)15-11-8-9-11/h3-7,11H,8-9,14H2,1-2H3,(H,15,16). The molecule has 1 aliphatic carbocycles. The van der Waals surface area contributed by atoms with Crippen molar-refractivity contribution in [2.24, 2.45) is 10.8 Å². The Hall–Kier alpha value is -1.35. The third-order valence-corrected chi connectivity index (χ3v) is 3.08. The first-order valence-electron chi connectivity index (χ1n) is 5.75. The van der Waals surface area contributed by atoms with Crippen molar-refractivity contribution in [3.05, 3.63) is 35.9 Å². The number of rotatable bonds is 3. The Balaban J connectivity index is 2.28. The predicted molar refractivity (Wildman–Crippen MR) is 67.2 cm³/mol. The zero-order chi connectivity index (χ0) is 11.6. The predicted octanol–water partition coefficient (Wildman–Crippen LogP) is 1.99. The summed E-state index contributed by atoms with van der Waals surface area (Å²) in [5, 5.41) is 0. The first-order valence-corrected chi connectivity index (χ1v) is 5.75. The van der Waals surface area contributed by atoms with Crippen molar-refractivity contribution in [1.82, 2.24) is 5.43 Å². The molecule has 2 rings (SSSR count). The highest BCUT2D eigenvalue weighted by Crippen LogP contribution is 2.28. The molecule has 3 N–H and O–H groups in total. The number of amidine groups is 1. The second kappa shape index (κ2) is 4.26. The number of hydrogen-bond acceptors (Lipinski definition) is 2. The lowest BCUT2D eigenvalue weighted by atomic mass is 9.83. The van der Waals surface area contributed by atoms with Gasteiger partial charge >= 0.3 is 0 Å². The molecule has 86 valence electrons. The second-order valence-corrected chi connectivity index (χ2v) is 4.84. The molecule has 1 aromatic rings. The summed E-state index contributed by atoms with van der Waals surface area (Å²) in [6.45, 7) is 4.28. The van der Waals surface area contributed by atoms with Crippen LogP contribution in [0, 0.1) is 0 Å². The fraction of sp³-hybridized carbons (Fsp3) is 0.462. The van der Waals surface area contributed by atoms with Crippen LogP contribution in [0.5, 0.6) is 0 Å². The summed E-state index contributed by atoms with van der Waals surface area (Å²) in [6, 6.07) is 10.8. The van der Waals surface area contributed by atoms with Crippen LogP contribution >= 0.6 is 0 Å². The molecule has 0 aromatic heterocycles. The van der Waals surface area contributed by atoms with E-state index in [4.69, 9.17) is 5.84 Å². The van der Waals surface area contributed by atoms with E-state index < -0.39 is 0 Å². The molecule has 0 heterocycles. The molecule has 0 spiro atoms. The van der Waals surface area contributed by atoms with Crippen LogP contribution in [0.4, 0.5) is 0 Å². The monoisotopic (exact) mass is 217 g/mol. The molecule has 0 amide bonds. The Morgan fingerprint density at radius 3 is 2.44 bits per heavy atom. The van der Waals surface area contributed by atoms with Gasteiger partial charge in [-0.05, 0) is 32.3 Å². The average molecular weight is 217 g/mol. The molecule has 0 unspecified atom stereocenters. The van der Waals surface area contributed by atoms with Crippen LogP contribution in [0.1, 0.15) is 32.3 Å². The van der Waals surface area contributed by atoms with Gasteiger partial charge in [-0.1, -0.05) is 30.3 Å². The lowest BCUT2D eigenvalue weighted by molar-refractivity contribution is 0.674. The van der Waals surface area contributed by atoms with Gasteiger partial charge in [0, 0.05) is 5.41 Å². The van der Waals surface area contributed by atoms with E-state index in [0.717, 1.165) is 5.84 Å². The molecule has 0 aliphatic heterocycles. The van der Waals surface area contributed by atoms with Gasteiger partial charge in [-0.3, -0.25) is 4.99 Å². The summed E-state index contributed by atoms with van der Waals surface area (Å²) in [4.78, 5) is 4.64. The van der Waals surface area contributed by atoms with Crippen LogP contribution in [0.25, 0.3) is 0 Å². The fourth-order valence-electron chi connectivity index (χ4n) is 1.76. The van der Waals surface area contributed by atoms with Crippen LogP contribution in [-0.2, 0) is 5.41 Å². The number of benzene rings is 1. The van der Waals surface area contributed by atoms with E-state index >= 15 is 0 Å². The topological polar surface area (TPSA) is 50.4 Å². The third kappa shape index (κ3) is 2.25. The van der Waals surface area contributed by atoms with Gasteiger partial charge in [0.25, 0.3) is 0 Å². The maximum Gasteiger partial charge on any atom is 0.121 e. The Labute approximate surface area is 96.7 Å². The molecule has 1 saturated carbocycles. The van der Waals surface area contributed by atoms with Crippen molar-refractivity contribution < 1.29 is 0 Å². The van der Waals surface area contributed by atoms with E-state index in [1.807, 2.05) is 18.2 Å². The van der Waals surface area contributed by atoms with Crippen LogP contribution < -0.4 is 11.3 Å². The van der Waals surface area contributed by atoms with Crippen LogP contribution in [0.2, 0.25) is 0 Å². The molecule has 0 radical (unpaired) electrons. The summed E-state index contributed by atoms with van der Waals surface area (Å²) < 4.78 is 0. The van der Waals surface area contributed by atoms with E-state index in [1.165, 1.54) is 18.4 Å². The van der Waals surface area contributed by atoms with E-state index in [1.54, 1.807) is 0 Å². The lowest BCUT2D eigenvalue weighted by Crippen LogP contribution is -2.44. The molecule has 0 atom stereocenters. The van der Waals surface area contributed by atoms with Crippen LogP contribution in [0.15, 0.2) is 35.3 Å². The van der Waals surface area contributed by atoms with Gasteiger partial charge in [0.05, 0.1) is 6.04 Å². The molecule has 1 aromatic carbocycles. The molecule has 3 heteroatoms. The average Bonchev–Trinajstić information content (AvgIpc) is 3.10. The zero-order valence-corrected chi connectivity index (χ0v) is 9.90. The molecular weight excluding hydrogens is 198 g/mol. The summed E-state index contributed by atoms with van der Waals surface area (Å²) in [5.74, 6) is 6.47. The first kappa shape index (κ1) is 11.1. The summed E-state index contributed by atoms with van der Waals surface area (Å²) in [5.41, 5.74) is 3.84. The number of nitrogens with two attached hydrogens (primary N) is 1. The normalized spacial score (nSPS) is 17.3. The Morgan fingerprint density at radius 1 is 1.31 bits per heavy atom. The van der Waals surface area contributed by atoms with Gasteiger partial charge < -0.3 is 5.43 Å². The van der Waals surface area contributed by atoms with E-state index in [0.29, 0.717) is 6.04 Å².